The summed E-state index contributed by atoms with van der Waals surface area (Å²) in [5.41, 5.74) is 3.01. The van der Waals surface area contributed by atoms with Crippen molar-refractivity contribution in [1.29, 1.82) is 0 Å². The van der Waals surface area contributed by atoms with Gasteiger partial charge in [0.1, 0.15) is 0 Å². The van der Waals surface area contributed by atoms with Gasteiger partial charge in [0.2, 0.25) is 0 Å². The predicted octanol–water partition coefficient (Wildman–Crippen LogP) is 4.20. The summed E-state index contributed by atoms with van der Waals surface area (Å²) in [6.45, 7) is 5.15. The number of hydrogen-bond acceptors (Lipinski definition) is 3. The lowest BCUT2D eigenvalue weighted by Crippen LogP contribution is -2.33. The van der Waals surface area contributed by atoms with Crippen molar-refractivity contribution in [3.8, 4) is 5.69 Å². The second-order valence-corrected chi connectivity index (χ2v) is 8.22. The molecule has 154 valence electrons. The first-order valence-electron chi connectivity index (χ1n) is 9.94. The van der Waals surface area contributed by atoms with E-state index in [1.165, 1.54) is 0 Å². The van der Waals surface area contributed by atoms with Gasteiger partial charge in [-0.2, -0.15) is 0 Å². The van der Waals surface area contributed by atoms with Gasteiger partial charge in [-0.05, 0) is 60.6 Å². The molecule has 3 heterocycles. The lowest BCUT2D eigenvalue weighted by Gasteiger charge is -2.30. The number of benzene rings is 1. The highest BCUT2D eigenvalue weighted by Gasteiger charge is 2.41. The van der Waals surface area contributed by atoms with E-state index in [2.05, 4.69) is 35.1 Å². The van der Waals surface area contributed by atoms with Crippen molar-refractivity contribution < 1.29 is 9.90 Å². The lowest BCUT2D eigenvalue weighted by molar-refractivity contribution is 0.0697. The molecule has 0 amide bonds. The monoisotopic (exact) mass is 420 g/mol. The highest BCUT2D eigenvalue weighted by Crippen LogP contribution is 2.39. The van der Waals surface area contributed by atoms with Crippen LogP contribution >= 0.6 is 12.2 Å². The molecule has 1 aromatic carbocycles. The van der Waals surface area contributed by atoms with Gasteiger partial charge in [-0.3, -0.25) is 4.98 Å². The molecule has 7 heteroatoms. The maximum atomic E-state index is 11.5. The van der Waals surface area contributed by atoms with Gasteiger partial charge in [0, 0.05) is 30.3 Å². The number of carboxylic acid groups (broad SMARTS) is 1. The van der Waals surface area contributed by atoms with Crippen molar-refractivity contribution in [2.45, 2.75) is 25.9 Å². The minimum Gasteiger partial charge on any atom is -0.478 e. The molecule has 0 radical (unpaired) electrons. The van der Waals surface area contributed by atoms with Crippen LogP contribution in [0.3, 0.4) is 0 Å². The van der Waals surface area contributed by atoms with Gasteiger partial charge in [0.05, 0.1) is 23.3 Å². The fourth-order valence-electron chi connectivity index (χ4n) is 3.98. The minimum atomic E-state index is -0.943. The van der Waals surface area contributed by atoms with Crippen molar-refractivity contribution in [1.82, 2.24) is 19.8 Å². The Bertz CT molecular complexity index is 1060. The third-order valence-electron chi connectivity index (χ3n) is 5.21. The van der Waals surface area contributed by atoms with E-state index < -0.39 is 5.97 Å². The predicted molar refractivity (Wildman–Crippen MR) is 120 cm³/mol. The smallest absolute Gasteiger partial charge is 0.335 e. The van der Waals surface area contributed by atoms with Crippen molar-refractivity contribution in [3.63, 3.8) is 0 Å². The molecule has 1 fully saturated rings. The lowest BCUT2D eigenvalue weighted by atomic mass is 10.0. The quantitative estimate of drug-likeness (QED) is 0.583. The number of aromatic carboxylic acids is 1. The number of nitrogens with one attached hydrogen (secondary N) is 1. The highest BCUT2D eigenvalue weighted by atomic mass is 32.1. The van der Waals surface area contributed by atoms with E-state index in [4.69, 9.17) is 12.2 Å². The van der Waals surface area contributed by atoms with Crippen LogP contribution in [0.1, 0.15) is 47.7 Å². The molecular weight excluding hydrogens is 396 g/mol. The average Bonchev–Trinajstić information content (AvgIpc) is 3.33. The molecule has 1 aliphatic rings. The topological polar surface area (TPSA) is 70.4 Å². The Labute approximate surface area is 181 Å². The number of nitrogens with zero attached hydrogens (tertiary/aromatic N) is 3. The molecule has 0 unspecified atom stereocenters. The molecule has 1 saturated heterocycles. The van der Waals surface area contributed by atoms with Gasteiger partial charge in [-0.15, -0.1) is 0 Å². The molecule has 0 spiro atoms. The van der Waals surface area contributed by atoms with Crippen LogP contribution in [0.15, 0.2) is 67.0 Å². The average molecular weight is 421 g/mol. The molecular formula is C23H24N4O2S. The maximum Gasteiger partial charge on any atom is 0.335 e. The molecule has 1 aliphatic heterocycles. The SMILES string of the molecule is CC(C)CN1C(=S)N[C@H](c2ccccn2)[C@@H]1c1cccn1-c1cccc(C(=O)O)c1. The number of thiocarbonyl (C=S) groups is 1. The summed E-state index contributed by atoms with van der Waals surface area (Å²) in [5.74, 6) is -0.518. The highest BCUT2D eigenvalue weighted by molar-refractivity contribution is 7.80. The van der Waals surface area contributed by atoms with Crippen LogP contribution in [0, 0.1) is 5.92 Å². The Hall–Kier alpha value is -3.19. The first-order chi connectivity index (χ1) is 14.5. The minimum absolute atomic E-state index is 0.0710. The van der Waals surface area contributed by atoms with Crippen LogP contribution in [0.5, 0.6) is 0 Å². The van der Waals surface area contributed by atoms with Crippen LogP contribution in [0.2, 0.25) is 0 Å². The molecule has 3 aromatic rings. The van der Waals surface area contributed by atoms with Crippen LogP contribution in [-0.2, 0) is 0 Å². The molecule has 0 aliphatic carbocycles. The zero-order valence-electron chi connectivity index (χ0n) is 16.9. The van der Waals surface area contributed by atoms with Gasteiger partial charge in [0.15, 0.2) is 5.11 Å². The first kappa shape index (κ1) is 20.1. The fourth-order valence-corrected chi connectivity index (χ4v) is 4.29. The molecule has 2 N–H and O–H groups in total. The Morgan fingerprint density at radius 1 is 1.20 bits per heavy atom. The van der Waals surface area contributed by atoms with E-state index in [0.717, 1.165) is 23.6 Å². The van der Waals surface area contributed by atoms with Crippen LogP contribution in [0.25, 0.3) is 5.69 Å². The number of rotatable bonds is 6. The molecule has 2 atom stereocenters. The van der Waals surface area contributed by atoms with Gasteiger partial charge in [-0.25, -0.2) is 4.79 Å². The van der Waals surface area contributed by atoms with Crippen molar-refractivity contribution in [2.75, 3.05) is 6.54 Å². The Morgan fingerprint density at radius 3 is 2.73 bits per heavy atom. The Morgan fingerprint density at radius 2 is 2.03 bits per heavy atom. The van der Waals surface area contributed by atoms with Crippen LogP contribution < -0.4 is 5.32 Å². The first-order valence-corrected chi connectivity index (χ1v) is 10.4. The largest absolute Gasteiger partial charge is 0.478 e. The third kappa shape index (κ3) is 3.80. The Balaban J connectivity index is 1.81. The molecule has 0 bridgehead atoms. The maximum absolute atomic E-state index is 11.5. The molecule has 6 nitrogen and oxygen atoms in total. The molecule has 2 aromatic heterocycles. The summed E-state index contributed by atoms with van der Waals surface area (Å²) in [6, 6.07) is 16.7. The van der Waals surface area contributed by atoms with E-state index >= 15 is 0 Å². The van der Waals surface area contributed by atoms with E-state index in [9.17, 15) is 9.90 Å². The molecule has 30 heavy (non-hydrogen) atoms. The Kier molecular flexibility index (Phi) is 5.55. The summed E-state index contributed by atoms with van der Waals surface area (Å²) >= 11 is 5.70. The number of pyridine rings is 1. The van der Waals surface area contributed by atoms with E-state index in [0.29, 0.717) is 11.0 Å². The van der Waals surface area contributed by atoms with Crippen molar-refractivity contribution in [2.24, 2.45) is 5.92 Å². The van der Waals surface area contributed by atoms with Gasteiger partial charge < -0.3 is 19.9 Å². The normalized spacial score (nSPS) is 18.6. The second-order valence-electron chi connectivity index (χ2n) is 7.83. The summed E-state index contributed by atoms with van der Waals surface area (Å²) in [7, 11) is 0. The fraction of sp³-hybridized carbons (Fsp3) is 0.261. The second kappa shape index (κ2) is 8.28. The van der Waals surface area contributed by atoms with E-state index in [1.54, 1.807) is 24.4 Å². The van der Waals surface area contributed by atoms with E-state index in [1.807, 2.05) is 41.1 Å². The summed E-state index contributed by atoms with van der Waals surface area (Å²) in [4.78, 5) is 18.3. The zero-order valence-corrected chi connectivity index (χ0v) is 17.7. The number of hydrogen-bond donors (Lipinski definition) is 2. The standard InChI is InChI=1S/C23H24N4O2S/c1-15(2)14-27-21(20(25-23(27)30)18-9-3-4-11-24-18)19-10-6-12-26(19)17-8-5-7-16(13-17)22(28)29/h3-13,15,20-21H,14H2,1-2H3,(H,25,30)(H,28,29)/t20-,21+/m1/s1. The third-order valence-corrected chi connectivity index (χ3v) is 5.57. The summed E-state index contributed by atoms with van der Waals surface area (Å²) in [5, 5.41) is 13.6. The summed E-state index contributed by atoms with van der Waals surface area (Å²) < 4.78 is 2.04. The van der Waals surface area contributed by atoms with E-state index in [-0.39, 0.29) is 17.6 Å². The van der Waals surface area contributed by atoms with Crippen LogP contribution in [0.4, 0.5) is 0 Å². The van der Waals surface area contributed by atoms with Crippen LogP contribution in [-0.4, -0.2) is 37.2 Å². The molecule has 0 saturated carbocycles. The summed E-state index contributed by atoms with van der Waals surface area (Å²) in [6.07, 6.45) is 3.75. The number of carboxylic acids is 1. The van der Waals surface area contributed by atoms with Gasteiger partial charge in [0.25, 0.3) is 0 Å². The number of aromatic nitrogens is 2. The number of carbonyl (C=O) groups is 1. The van der Waals surface area contributed by atoms with Gasteiger partial charge in [-0.1, -0.05) is 26.0 Å². The zero-order chi connectivity index (χ0) is 21.3. The molecule has 4 rings (SSSR count). The van der Waals surface area contributed by atoms with Crippen molar-refractivity contribution in [3.05, 3.63) is 83.9 Å². The van der Waals surface area contributed by atoms with Crippen molar-refractivity contribution >= 4 is 23.3 Å². The van der Waals surface area contributed by atoms with Gasteiger partial charge >= 0.3 is 5.97 Å².